The number of aliphatic imine (C=N–C) groups is 1. The molecule has 160 valence electrons. The van der Waals surface area contributed by atoms with Crippen LogP contribution in [0.4, 0.5) is 4.39 Å². The number of hydrogen-bond acceptors (Lipinski definition) is 3. The van der Waals surface area contributed by atoms with Gasteiger partial charge in [0.15, 0.2) is 5.96 Å². The highest BCUT2D eigenvalue weighted by Crippen LogP contribution is 2.26. The van der Waals surface area contributed by atoms with Crippen LogP contribution in [0.2, 0.25) is 0 Å². The summed E-state index contributed by atoms with van der Waals surface area (Å²) in [6, 6.07) is 6.56. The molecule has 1 aliphatic heterocycles. The number of carbonyl (C=O) groups excluding carboxylic acids is 1. The number of amides is 1. The summed E-state index contributed by atoms with van der Waals surface area (Å²) in [5.41, 5.74) is 1.04. The van der Waals surface area contributed by atoms with Crippen LogP contribution in [-0.2, 0) is 11.3 Å². The summed E-state index contributed by atoms with van der Waals surface area (Å²) in [6.07, 6.45) is 4.57. The minimum absolute atomic E-state index is 0.219. The molecule has 1 aromatic carbocycles. The Balaban J connectivity index is 1.36. The van der Waals surface area contributed by atoms with E-state index in [0.717, 1.165) is 63.6 Å². The Bertz CT molecular complexity index is 679. The van der Waals surface area contributed by atoms with Gasteiger partial charge in [0.2, 0.25) is 5.91 Å². The van der Waals surface area contributed by atoms with Crippen LogP contribution in [0.3, 0.4) is 0 Å². The van der Waals surface area contributed by atoms with Crippen molar-refractivity contribution in [3.8, 4) is 0 Å². The topological polar surface area (TPSA) is 51.2 Å². The highest BCUT2D eigenvalue weighted by atomic mass is 19.1. The van der Waals surface area contributed by atoms with E-state index >= 15 is 0 Å². The summed E-state index contributed by atoms with van der Waals surface area (Å²) in [7, 11) is 3.75. The lowest BCUT2D eigenvalue weighted by atomic mass is 10.1. The molecule has 0 bridgehead atoms. The van der Waals surface area contributed by atoms with Crippen LogP contribution in [0.5, 0.6) is 0 Å². The van der Waals surface area contributed by atoms with E-state index in [9.17, 15) is 9.18 Å². The first kappa shape index (κ1) is 21.6. The van der Waals surface area contributed by atoms with E-state index in [-0.39, 0.29) is 11.7 Å². The molecule has 29 heavy (non-hydrogen) atoms. The number of halogens is 1. The number of piperazine rings is 1. The first-order valence-corrected chi connectivity index (χ1v) is 10.7. The third-order valence-corrected chi connectivity index (χ3v) is 6.01. The Kier molecular flexibility index (Phi) is 7.86. The second-order valence-corrected chi connectivity index (χ2v) is 8.10. The maximum Gasteiger partial charge on any atom is 0.225 e. The zero-order valence-electron chi connectivity index (χ0n) is 17.7. The van der Waals surface area contributed by atoms with Crippen molar-refractivity contribution in [2.24, 2.45) is 10.9 Å². The van der Waals surface area contributed by atoms with Crippen LogP contribution < -0.4 is 5.32 Å². The number of nitrogens with one attached hydrogen (secondary N) is 1. The number of benzene rings is 1. The maximum absolute atomic E-state index is 13.1. The first-order valence-electron chi connectivity index (χ1n) is 10.7. The van der Waals surface area contributed by atoms with Crippen LogP contribution in [0.25, 0.3) is 0 Å². The summed E-state index contributed by atoms with van der Waals surface area (Å²) >= 11 is 0. The molecule has 2 aliphatic rings. The van der Waals surface area contributed by atoms with E-state index in [4.69, 9.17) is 0 Å². The molecule has 7 heteroatoms. The fourth-order valence-corrected chi connectivity index (χ4v) is 4.27. The van der Waals surface area contributed by atoms with Gasteiger partial charge in [-0.1, -0.05) is 25.0 Å². The highest BCUT2D eigenvalue weighted by molar-refractivity contribution is 5.80. The second-order valence-electron chi connectivity index (χ2n) is 8.10. The Morgan fingerprint density at radius 1 is 1.17 bits per heavy atom. The minimum atomic E-state index is -0.219. The van der Waals surface area contributed by atoms with Gasteiger partial charge in [-0.2, -0.15) is 0 Å². The molecule has 0 unspecified atom stereocenters. The predicted molar refractivity (Wildman–Crippen MR) is 114 cm³/mol. The summed E-state index contributed by atoms with van der Waals surface area (Å²) in [5.74, 6) is 1.26. The Labute approximate surface area is 173 Å². The van der Waals surface area contributed by atoms with Gasteiger partial charge in [0.25, 0.3) is 0 Å². The first-order chi connectivity index (χ1) is 14.1. The Morgan fingerprint density at radius 3 is 2.45 bits per heavy atom. The molecule has 1 saturated heterocycles. The van der Waals surface area contributed by atoms with Crippen LogP contribution >= 0.6 is 0 Å². The minimum Gasteiger partial charge on any atom is -0.355 e. The van der Waals surface area contributed by atoms with Crippen molar-refractivity contribution in [1.82, 2.24) is 20.0 Å². The molecule has 1 aromatic rings. The molecular formula is C22H34FN5O. The quantitative estimate of drug-likeness (QED) is 0.584. The van der Waals surface area contributed by atoms with E-state index in [1.54, 1.807) is 19.2 Å². The molecule has 1 heterocycles. The SMILES string of the molecule is CN=C(NCCN1CCN(C(=O)C2CCCC2)CC1)N(C)Cc1ccc(F)cc1. The van der Waals surface area contributed by atoms with Gasteiger partial charge < -0.3 is 15.1 Å². The number of rotatable bonds is 6. The monoisotopic (exact) mass is 403 g/mol. The molecule has 1 amide bonds. The van der Waals surface area contributed by atoms with Crippen molar-refractivity contribution < 1.29 is 9.18 Å². The lowest BCUT2D eigenvalue weighted by Crippen LogP contribution is -2.51. The Morgan fingerprint density at radius 2 is 1.83 bits per heavy atom. The zero-order chi connectivity index (χ0) is 20.6. The third kappa shape index (κ3) is 6.16. The van der Waals surface area contributed by atoms with Crippen LogP contribution in [-0.4, -0.2) is 79.9 Å². The largest absolute Gasteiger partial charge is 0.355 e. The standard InChI is InChI=1S/C22H34FN5O/c1-24-22(26(2)17-18-7-9-20(23)10-8-18)25-11-12-27-13-15-28(16-14-27)21(29)19-5-3-4-6-19/h7-10,19H,3-6,11-17H2,1-2H3,(H,24,25). The summed E-state index contributed by atoms with van der Waals surface area (Å²) < 4.78 is 13.1. The van der Waals surface area contributed by atoms with Gasteiger partial charge in [0.05, 0.1) is 0 Å². The molecule has 1 N–H and O–H groups in total. The van der Waals surface area contributed by atoms with Crippen molar-refractivity contribution in [2.75, 3.05) is 53.4 Å². The lowest BCUT2D eigenvalue weighted by molar-refractivity contribution is -0.137. The zero-order valence-corrected chi connectivity index (χ0v) is 17.7. The van der Waals surface area contributed by atoms with Crippen molar-refractivity contribution in [3.05, 3.63) is 35.6 Å². The van der Waals surface area contributed by atoms with Crippen molar-refractivity contribution >= 4 is 11.9 Å². The highest BCUT2D eigenvalue weighted by Gasteiger charge is 2.29. The van der Waals surface area contributed by atoms with Gasteiger partial charge in [-0.3, -0.25) is 14.7 Å². The third-order valence-electron chi connectivity index (χ3n) is 6.01. The lowest BCUT2D eigenvalue weighted by Gasteiger charge is -2.36. The van der Waals surface area contributed by atoms with Crippen LogP contribution in [0.1, 0.15) is 31.2 Å². The van der Waals surface area contributed by atoms with Crippen LogP contribution in [0.15, 0.2) is 29.3 Å². The van der Waals surface area contributed by atoms with Gasteiger partial charge >= 0.3 is 0 Å². The van der Waals surface area contributed by atoms with Gasteiger partial charge in [-0.15, -0.1) is 0 Å². The molecular weight excluding hydrogens is 369 g/mol. The molecule has 0 aromatic heterocycles. The fraction of sp³-hybridized carbons (Fsp3) is 0.636. The van der Waals surface area contributed by atoms with E-state index < -0.39 is 0 Å². The van der Waals surface area contributed by atoms with Crippen molar-refractivity contribution in [2.45, 2.75) is 32.2 Å². The van der Waals surface area contributed by atoms with E-state index in [0.29, 0.717) is 12.5 Å². The number of nitrogens with zero attached hydrogens (tertiary/aromatic N) is 4. The van der Waals surface area contributed by atoms with Crippen molar-refractivity contribution in [3.63, 3.8) is 0 Å². The average Bonchev–Trinajstić information content (AvgIpc) is 3.27. The van der Waals surface area contributed by atoms with E-state index in [1.165, 1.54) is 25.0 Å². The molecule has 0 spiro atoms. The molecule has 6 nitrogen and oxygen atoms in total. The number of hydrogen-bond donors (Lipinski definition) is 1. The molecule has 2 fully saturated rings. The van der Waals surface area contributed by atoms with Crippen LogP contribution in [0, 0.1) is 11.7 Å². The number of carbonyl (C=O) groups is 1. The summed E-state index contributed by atoms with van der Waals surface area (Å²) in [4.78, 5) is 23.4. The maximum atomic E-state index is 13.1. The summed E-state index contributed by atoms with van der Waals surface area (Å²) in [6.45, 7) is 5.95. The predicted octanol–water partition coefficient (Wildman–Crippen LogP) is 2.17. The normalized spacial score (nSPS) is 18.9. The summed E-state index contributed by atoms with van der Waals surface area (Å²) in [5, 5.41) is 3.41. The molecule has 0 atom stereocenters. The van der Waals surface area contributed by atoms with Gasteiger partial charge in [0.1, 0.15) is 5.82 Å². The van der Waals surface area contributed by atoms with Gasteiger partial charge in [-0.25, -0.2) is 4.39 Å². The molecule has 1 aliphatic carbocycles. The second kappa shape index (κ2) is 10.6. The van der Waals surface area contributed by atoms with Gasteiger partial charge in [-0.05, 0) is 30.5 Å². The molecule has 1 saturated carbocycles. The van der Waals surface area contributed by atoms with Crippen molar-refractivity contribution in [1.29, 1.82) is 0 Å². The number of guanidine groups is 1. The molecule has 3 rings (SSSR count). The van der Waals surface area contributed by atoms with E-state index in [1.807, 2.05) is 11.9 Å². The Hall–Kier alpha value is -2.15. The fourth-order valence-electron chi connectivity index (χ4n) is 4.27. The average molecular weight is 404 g/mol. The van der Waals surface area contributed by atoms with Gasteiger partial charge in [0, 0.05) is 65.8 Å². The molecule has 0 radical (unpaired) electrons. The smallest absolute Gasteiger partial charge is 0.225 e. The van der Waals surface area contributed by atoms with E-state index in [2.05, 4.69) is 20.1 Å².